The minimum Gasteiger partial charge on any atom is -0.493 e. The number of nitrogens with one attached hydrogen (secondary N) is 1. The van der Waals surface area contributed by atoms with E-state index in [1.807, 2.05) is 0 Å². The van der Waals surface area contributed by atoms with Gasteiger partial charge in [-0.1, -0.05) is 0 Å². The van der Waals surface area contributed by atoms with Crippen molar-refractivity contribution in [3.8, 4) is 11.5 Å². The third-order valence-electron chi connectivity index (χ3n) is 4.31. The fourth-order valence-corrected chi connectivity index (χ4v) is 2.89. The van der Waals surface area contributed by atoms with Crippen LogP contribution < -0.4 is 19.8 Å². The first-order valence-electron chi connectivity index (χ1n) is 10.1. The first-order valence-corrected chi connectivity index (χ1v) is 10.1. The maximum absolute atomic E-state index is 14.1. The number of hydrogen-bond donors (Lipinski definition) is 1. The van der Waals surface area contributed by atoms with Gasteiger partial charge in [0.2, 0.25) is 5.95 Å². The Morgan fingerprint density at radius 2 is 2.12 bits per heavy atom. The van der Waals surface area contributed by atoms with Crippen molar-refractivity contribution in [3.05, 3.63) is 35.8 Å². The highest BCUT2D eigenvalue weighted by Gasteiger charge is 2.17. The van der Waals surface area contributed by atoms with E-state index in [2.05, 4.69) is 20.5 Å². The molecule has 0 saturated carbocycles. The highest BCUT2D eigenvalue weighted by Crippen LogP contribution is 2.27. The molecule has 0 radical (unpaired) electrons. The van der Waals surface area contributed by atoms with E-state index >= 15 is 0 Å². The van der Waals surface area contributed by atoms with Crippen LogP contribution in [0.5, 0.6) is 11.5 Å². The molecular formula is C21H26FN5O5. The minimum atomic E-state index is -0.501. The van der Waals surface area contributed by atoms with Crippen LogP contribution in [-0.2, 0) is 14.3 Å². The molecule has 0 spiro atoms. The number of halogens is 1. The van der Waals surface area contributed by atoms with Gasteiger partial charge in [-0.3, -0.25) is 0 Å². The van der Waals surface area contributed by atoms with Gasteiger partial charge < -0.3 is 23.8 Å². The molecule has 2 heterocycles. The lowest BCUT2D eigenvalue weighted by atomic mass is 10.2. The standard InChI is InChI=1S/C21H26FN5O5/c1-14(2)32-19(28)13-31-17-5-4-15(10-18(17)29-3)11-24-26-21-23-12-16(22)20(25-21)27-6-8-30-9-7-27/h4-5,10-12,14H,6-9,13H2,1-3H3,(H,23,25,26)/b24-11-. The number of hydrogen-bond acceptors (Lipinski definition) is 10. The number of methoxy groups -OCH3 is 1. The first-order chi connectivity index (χ1) is 15.5. The molecule has 0 unspecified atom stereocenters. The van der Waals surface area contributed by atoms with Crippen molar-refractivity contribution < 1.29 is 28.1 Å². The number of anilines is 2. The third-order valence-corrected chi connectivity index (χ3v) is 4.31. The predicted octanol–water partition coefficient (Wildman–Crippen LogP) is 2.24. The van der Waals surface area contributed by atoms with Gasteiger partial charge in [-0.05, 0) is 37.6 Å². The quantitative estimate of drug-likeness (QED) is 0.352. The van der Waals surface area contributed by atoms with Crippen LogP contribution in [-0.4, -0.2) is 68.3 Å². The number of aromatic nitrogens is 2. The van der Waals surface area contributed by atoms with Gasteiger partial charge in [0.05, 0.1) is 38.8 Å². The summed E-state index contributed by atoms with van der Waals surface area (Å²) in [6.45, 7) is 5.45. The Morgan fingerprint density at radius 1 is 1.34 bits per heavy atom. The average Bonchev–Trinajstić information content (AvgIpc) is 2.79. The van der Waals surface area contributed by atoms with E-state index in [1.165, 1.54) is 13.3 Å². The topological polar surface area (TPSA) is 107 Å². The van der Waals surface area contributed by atoms with Crippen LogP contribution in [0.4, 0.5) is 16.2 Å². The molecule has 172 valence electrons. The van der Waals surface area contributed by atoms with Gasteiger partial charge in [0.1, 0.15) is 0 Å². The lowest BCUT2D eigenvalue weighted by Crippen LogP contribution is -2.37. The molecule has 3 rings (SSSR count). The maximum atomic E-state index is 14.1. The summed E-state index contributed by atoms with van der Waals surface area (Å²) in [7, 11) is 1.49. The van der Waals surface area contributed by atoms with Crippen LogP contribution >= 0.6 is 0 Å². The molecule has 32 heavy (non-hydrogen) atoms. The number of morpholine rings is 1. The Labute approximate surface area is 185 Å². The highest BCUT2D eigenvalue weighted by molar-refractivity contribution is 5.81. The molecule has 0 amide bonds. The summed E-state index contributed by atoms with van der Waals surface area (Å²) in [5.74, 6) is 0.237. The van der Waals surface area contributed by atoms with E-state index in [0.29, 0.717) is 43.4 Å². The van der Waals surface area contributed by atoms with Crippen molar-refractivity contribution in [2.75, 3.05) is 50.3 Å². The Kier molecular flexibility index (Phi) is 8.14. The fourth-order valence-electron chi connectivity index (χ4n) is 2.89. The van der Waals surface area contributed by atoms with Gasteiger partial charge in [0.25, 0.3) is 0 Å². The molecule has 1 fully saturated rings. The van der Waals surface area contributed by atoms with E-state index in [-0.39, 0.29) is 24.5 Å². The van der Waals surface area contributed by atoms with E-state index in [1.54, 1.807) is 36.9 Å². The minimum absolute atomic E-state index is 0.166. The van der Waals surface area contributed by atoms with Crippen LogP contribution in [0.25, 0.3) is 0 Å². The van der Waals surface area contributed by atoms with Crippen LogP contribution in [0, 0.1) is 5.82 Å². The molecule has 1 aliphatic heterocycles. The number of rotatable bonds is 9. The van der Waals surface area contributed by atoms with Crippen LogP contribution in [0.1, 0.15) is 19.4 Å². The number of hydrazone groups is 1. The molecule has 2 aromatic rings. The van der Waals surface area contributed by atoms with Gasteiger partial charge in [0.15, 0.2) is 29.7 Å². The number of nitrogens with zero attached hydrogens (tertiary/aromatic N) is 4. The van der Waals surface area contributed by atoms with Crippen molar-refractivity contribution in [2.24, 2.45) is 5.10 Å². The second-order valence-electron chi connectivity index (χ2n) is 7.07. The van der Waals surface area contributed by atoms with Gasteiger partial charge in [-0.15, -0.1) is 0 Å². The number of carbonyl (C=O) groups is 1. The van der Waals surface area contributed by atoms with Gasteiger partial charge >= 0.3 is 5.97 Å². The Balaban J connectivity index is 1.62. The van der Waals surface area contributed by atoms with Crippen LogP contribution in [0.3, 0.4) is 0 Å². The monoisotopic (exact) mass is 447 g/mol. The second kappa shape index (κ2) is 11.2. The molecule has 10 nitrogen and oxygen atoms in total. The molecule has 1 aliphatic rings. The maximum Gasteiger partial charge on any atom is 0.344 e. The summed E-state index contributed by atoms with van der Waals surface area (Å²) >= 11 is 0. The highest BCUT2D eigenvalue weighted by atomic mass is 19.1. The zero-order valence-corrected chi connectivity index (χ0v) is 18.2. The smallest absolute Gasteiger partial charge is 0.344 e. The number of carbonyl (C=O) groups excluding carboxylic acids is 1. The zero-order valence-electron chi connectivity index (χ0n) is 18.2. The molecule has 0 bridgehead atoms. The molecular weight excluding hydrogens is 421 g/mol. The van der Waals surface area contributed by atoms with Crippen molar-refractivity contribution in [2.45, 2.75) is 20.0 Å². The SMILES string of the molecule is COc1cc(/C=N\Nc2ncc(F)c(N3CCOCC3)n2)ccc1OCC(=O)OC(C)C. The molecule has 11 heteroatoms. The van der Waals surface area contributed by atoms with E-state index in [0.717, 1.165) is 6.20 Å². The normalized spacial score (nSPS) is 14.0. The predicted molar refractivity (Wildman–Crippen MR) is 116 cm³/mol. The summed E-state index contributed by atoms with van der Waals surface area (Å²) in [5, 5.41) is 4.10. The van der Waals surface area contributed by atoms with Crippen molar-refractivity contribution >= 4 is 24.0 Å². The largest absolute Gasteiger partial charge is 0.493 e. The lowest BCUT2D eigenvalue weighted by molar-refractivity contribution is -0.149. The summed E-state index contributed by atoms with van der Waals surface area (Å²) < 4.78 is 35.2. The molecule has 0 aliphatic carbocycles. The summed E-state index contributed by atoms with van der Waals surface area (Å²) in [6.07, 6.45) is 2.42. The Hall–Kier alpha value is -3.47. The van der Waals surface area contributed by atoms with E-state index in [4.69, 9.17) is 18.9 Å². The summed E-state index contributed by atoms with van der Waals surface area (Å²) in [5.41, 5.74) is 3.40. The molecule has 1 N–H and O–H groups in total. The molecule has 1 aromatic carbocycles. The van der Waals surface area contributed by atoms with Crippen molar-refractivity contribution in [1.82, 2.24) is 9.97 Å². The Bertz CT molecular complexity index is 950. The average molecular weight is 447 g/mol. The second-order valence-corrected chi connectivity index (χ2v) is 7.07. The number of ether oxygens (including phenoxy) is 4. The van der Waals surface area contributed by atoms with Crippen LogP contribution in [0.15, 0.2) is 29.5 Å². The van der Waals surface area contributed by atoms with Crippen molar-refractivity contribution in [3.63, 3.8) is 0 Å². The molecule has 1 aromatic heterocycles. The zero-order chi connectivity index (χ0) is 22.9. The van der Waals surface area contributed by atoms with Crippen LogP contribution in [0.2, 0.25) is 0 Å². The third kappa shape index (κ3) is 6.51. The van der Waals surface area contributed by atoms with Gasteiger partial charge in [-0.2, -0.15) is 10.1 Å². The Morgan fingerprint density at radius 3 is 2.84 bits per heavy atom. The molecule has 1 saturated heterocycles. The molecule has 0 atom stereocenters. The first kappa shape index (κ1) is 23.2. The lowest BCUT2D eigenvalue weighted by Gasteiger charge is -2.27. The summed E-state index contributed by atoms with van der Waals surface area (Å²) in [4.78, 5) is 21.6. The van der Waals surface area contributed by atoms with Gasteiger partial charge in [0, 0.05) is 13.1 Å². The van der Waals surface area contributed by atoms with E-state index < -0.39 is 11.8 Å². The van der Waals surface area contributed by atoms with E-state index in [9.17, 15) is 9.18 Å². The number of esters is 1. The summed E-state index contributed by atoms with van der Waals surface area (Å²) in [6, 6.07) is 5.09. The number of benzene rings is 1. The van der Waals surface area contributed by atoms with Gasteiger partial charge in [-0.25, -0.2) is 19.6 Å². The van der Waals surface area contributed by atoms with Crippen molar-refractivity contribution in [1.29, 1.82) is 0 Å². The fraction of sp³-hybridized carbons (Fsp3) is 0.429.